The quantitative estimate of drug-likeness (QED) is 0.586. The minimum absolute atomic E-state index is 0.147. The van der Waals surface area contributed by atoms with Crippen molar-refractivity contribution in [2.75, 3.05) is 19.8 Å². The van der Waals surface area contributed by atoms with Crippen molar-refractivity contribution in [2.45, 2.75) is 33.7 Å². The lowest BCUT2D eigenvalue weighted by Crippen LogP contribution is -2.50. The molecule has 1 aliphatic heterocycles. The Morgan fingerprint density at radius 1 is 1.14 bits per heavy atom. The highest BCUT2D eigenvalue weighted by Gasteiger charge is 2.30. The van der Waals surface area contributed by atoms with Crippen molar-refractivity contribution in [3.8, 4) is 0 Å². The zero-order valence-corrected chi connectivity index (χ0v) is 16.9. The summed E-state index contributed by atoms with van der Waals surface area (Å²) in [5, 5.41) is 7.49. The number of carbonyl (C=O) groups is 4. The molecule has 1 atom stereocenters. The van der Waals surface area contributed by atoms with Gasteiger partial charge in [0, 0.05) is 5.56 Å². The van der Waals surface area contributed by atoms with Crippen LogP contribution in [0.1, 0.15) is 35.3 Å². The average Bonchev–Trinajstić information content (AvgIpc) is 2.66. The van der Waals surface area contributed by atoms with Gasteiger partial charge in [0.2, 0.25) is 0 Å². The molecule has 0 aromatic heterocycles. The van der Waals surface area contributed by atoms with E-state index < -0.39 is 29.9 Å². The molecule has 0 spiro atoms. The first kappa shape index (κ1) is 21.9. The van der Waals surface area contributed by atoms with Gasteiger partial charge < -0.3 is 25.4 Å². The Hall–Kier alpha value is -3.36. The molecular weight excluding hydrogens is 378 g/mol. The molecule has 1 heterocycles. The molecule has 0 saturated heterocycles. The monoisotopic (exact) mass is 403 g/mol. The first-order valence-corrected chi connectivity index (χ1v) is 9.21. The molecule has 1 aromatic carbocycles. The van der Waals surface area contributed by atoms with Crippen LogP contribution in [0.4, 0.5) is 4.79 Å². The Labute approximate surface area is 168 Å². The third-order valence-electron chi connectivity index (χ3n) is 4.41. The number of ether oxygens (including phenoxy) is 2. The summed E-state index contributed by atoms with van der Waals surface area (Å²) in [6, 6.07) is 4.12. The maximum Gasteiger partial charge on any atom is 0.338 e. The van der Waals surface area contributed by atoms with Crippen molar-refractivity contribution in [2.24, 2.45) is 0 Å². The number of hydrogen-bond acceptors (Lipinski definition) is 6. The first-order chi connectivity index (χ1) is 13.7. The van der Waals surface area contributed by atoms with E-state index >= 15 is 0 Å². The molecule has 3 N–H and O–H groups in total. The molecular formula is C20H25N3O6. The number of rotatable bonds is 7. The van der Waals surface area contributed by atoms with E-state index in [1.165, 1.54) is 0 Å². The molecule has 1 aliphatic rings. The lowest BCUT2D eigenvalue weighted by atomic mass is 10.0. The zero-order valence-electron chi connectivity index (χ0n) is 16.9. The number of carbonyl (C=O) groups excluding carboxylic acids is 4. The molecule has 9 heteroatoms. The molecule has 0 aliphatic carbocycles. The minimum atomic E-state index is -0.710. The van der Waals surface area contributed by atoms with Gasteiger partial charge in [0.1, 0.15) is 13.2 Å². The fourth-order valence-corrected chi connectivity index (χ4v) is 2.73. The summed E-state index contributed by atoms with van der Waals surface area (Å²) in [7, 11) is 0. The largest absolute Gasteiger partial charge is 0.463 e. The van der Waals surface area contributed by atoms with E-state index in [4.69, 9.17) is 9.47 Å². The van der Waals surface area contributed by atoms with Gasteiger partial charge in [-0.2, -0.15) is 0 Å². The van der Waals surface area contributed by atoms with Crippen LogP contribution in [0.15, 0.2) is 29.5 Å². The molecule has 156 valence electrons. The van der Waals surface area contributed by atoms with Crippen molar-refractivity contribution in [1.82, 2.24) is 16.0 Å². The molecule has 29 heavy (non-hydrogen) atoms. The smallest absolute Gasteiger partial charge is 0.338 e. The van der Waals surface area contributed by atoms with Crippen LogP contribution in [0.2, 0.25) is 0 Å². The van der Waals surface area contributed by atoms with Gasteiger partial charge >= 0.3 is 18.0 Å². The third-order valence-corrected chi connectivity index (χ3v) is 4.41. The van der Waals surface area contributed by atoms with E-state index in [1.807, 2.05) is 19.9 Å². The summed E-state index contributed by atoms with van der Waals surface area (Å²) in [6.07, 6.45) is 0. The third kappa shape index (κ3) is 5.81. The summed E-state index contributed by atoms with van der Waals surface area (Å²) in [5.41, 5.74) is 2.79. The van der Waals surface area contributed by atoms with Crippen LogP contribution >= 0.6 is 0 Å². The summed E-state index contributed by atoms with van der Waals surface area (Å²) in [6.45, 7) is 6.60. The number of amides is 3. The Morgan fingerprint density at radius 2 is 1.86 bits per heavy atom. The van der Waals surface area contributed by atoms with Crippen LogP contribution in [0, 0.1) is 13.8 Å². The second-order valence-electron chi connectivity index (χ2n) is 6.58. The summed E-state index contributed by atoms with van der Waals surface area (Å²) >= 11 is 0. The van der Waals surface area contributed by atoms with Crippen LogP contribution in [0.5, 0.6) is 0 Å². The van der Waals surface area contributed by atoms with Crippen LogP contribution in [0.3, 0.4) is 0 Å². The Morgan fingerprint density at radius 3 is 2.52 bits per heavy atom. The first-order valence-electron chi connectivity index (χ1n) is 9.21. The van der Waals surface area contributed by atoms with E-state index in [0.717, 1.165) is 11.1 Å². The zero-order chi connectivity index (χ0) is 21.6. The van der Waals surface area contributed by atoms with Crippen LogP contribution in [0.25, 0.3) is 0 Å². The van der Waals surface area contributed by atoms with Crippen LogP contribution < -0.4 is 16.0 Å². The maximum absolute atomic E-state index is 12.2. The molecule has 0 bridgehead atoms. The Balaban J connectivity index is 1.96. The predicted octanol–water partition coefficient (Wildman–Crippen LogP) is 1.09. The van der Waals surface area contributed by atoms with E-state index in [9.17, 15) is 19.2 Å². The minimum Gasteiger partial charge on any atom is -0.463 e. The number of esters is 2. The van der Waals surface area contributed by atoms with Crippen LogP contribution in [-0.4, -0.2) is 49.7 Å². The Bertz CT molecular complexity index is 862. The molecule has 3 amide bonds. The molecule has 0 fully saturated rings. The van der Waals surface area contributed by atoms with Gasteiger partial charge in [-0.15, -0.1) is 0 Å². The van der Waals surface area contributed by atoms with Gasteiger partial charge in [-0.1, -0.05) is 6.07 Å². The van der Waals surface area contributed by atoms with Crippen molar-refractivity contribution in [3.05, 3.63) is 46.2 Å². The molecule has 9 nitrogen and oxygen atoms in total. The van der Waals surface area contributed by atoms with Crippen molar-refractivity contribution in [1.29, 1.82) is 0 Å². The Kier molecular flexibility index (Phi) is 7.35. The van der Waals surface area contributed by atoms with Crippen LogP contribution in [-0.2, 0) is 19.1 Å². The normalized spacial score (nSPS) is 15.9. The molecule has 1 aromatic rings. The van der Waals surface area contributed by atoms with Gasteiger partial charge in [0.15, 0.2) is 0 Å². The predicted molar refractivity (Wildman–Crippen MR) is 104 cm³/mol. The maximum atomic E-state index is 12.2. The highest BCUT2D eigenvalue weighted by molar-refractivity contribution is 5.96. The number of nitrogens with one attached hydrogen (secondary N) is 3. The summed E-state index contributed by atoms with van der Waals surface area (Å²) in [4.78, 5) is 48.0. The standard InChI is InChI=1S/C20H25N3O6/c1-5-28-19(26)17-13(4)22-20(27)23-15(17)10-29-16(24)9-21-18(25)14-7-6-11(2)12(3)8-14/h6-8,13H,5,9-10H2,1-4H3,(H,21,25)(H2,22,23,27)/t13-/m1/s1. The lowest BCUT2D eigenvalue weighted by molar-refractivity contribution is -0.142. The molecule has 0 unspecified atom stereocenters. The number of aryl methyl sites for hydroxylation is 2. The van der Waals surface area contributed by atoms with E-state index in [1.54, 1.807) is 26.0 Å². The summed E-state index contributed by atoms with van der Waals surface area (Å²) in [5.74, 6) is -1.72. The molecule has 2 rings (SSSR count). The SMILES string of the molecule is CCOC(=O)C1=C(COC(=O)CNC(=O)c2ccc(C)c(C)c2)NC(=O)N[C@@H]1C. The van der Waals surface area contributed by atoms with Gasteiger partial charge in [-0.05, 0) is 51.0 Å². The fourth-order valence-electron chi connectivity index (χ4n) is 2.73. The molecule has 0 saturated carbocycles. The lowest BCUT2D eigenvalue weighted by Gasteiger charge is -2.26. The van der Waals surface area contributed by atoms with E-state index in [0.29, 0.717) is 5.56 Å². The van der Waals surface area contributed by atoms with Crippen molar-refractivity contribution < 1.29 is 28.7 Å². The summed E-state index contributed by atoms with van der Waals surface area (Å²) < 4.78 is 10.1. The fraction of sp³-hybridized carbons (Fsp3) is 0.400. The van der Waals surface area contributed by atoms with Gasteiger partial charge in [-0.3, -0.25) is 9.59 Å². The second kappa shape index (κ2) is 9.72. The number of benzene rings is 1. The van der Waals surface area contributed by atoms with Gasteiger partial charge in [-0.25, -0.2) is 9.59 Å². The van der Waals surface area contributed by atoms with E-state index in [-0.39, 0.29) is 31.0 Å². The average molecular weight is 403 g/mol. The van der Waals surface area contributed by atoms with Crippen molar-refractivity contribution >= 4 is 23.9 Å². The van der Waals surface area contributed by atoms with Gasteiger partial charge in [0.25, 0.3) is 5.91 Å². The topological polar surface area (TPSA) is 123 Å². The van der Waals surface area contributed by atoms with Crippen molar-refractivity contribution in [3.63, 3.8) is 0 Å². The number of urea groups is 1. The second-order valence-corrected chi connectivity index (χ2v) is 6.58. The number of hydrogen-bond donors (Lipinski definition) is 3. The van der Waals surface area contributed by atoms with Gasteiger partial charge in [0.05, 0.1) is 23.9 Å². The highest BCUT2D eigenvalue weighted by Crippen LogP contribution is 2.14. The molecule has 0 radical (unpaired) electrons. The van der Waals surface area contributed by atoms with E-state index in [2.05, 4.69) is 16.0 Å². The highest BCUT2D eigenvalue weighted by atomic mass is 16.5.